The number of thioether (sulfide) groups is 1. The summed E-state index contributed by atoms with van der Waals surface area (Å²) in [5, 5.41) is 3.68. The number of halogens is 5. The Morgan fingerprint density at radius 3 is 2.25 bits per heavy atom. The molecule has 0 radical (unpaired) electrons. The highest BCUT2D eigenvalue weighted by Crippen LogP contribution is 2.43. The highest BCUT2D eigenvalue weighted by atomic mass is 79.9. The molecule has 2 fully saturated rings. The van der Waals surface area contributed by atoms with Crippen LogP contribution in [0.5, 0.6) is 0 Å². The smallest absolute Gasteiger partial charge is 0.380 e. The summed E-state index contributed by atoms with van der Waals surface area (Å²) >= 11 is 11.0. The van der Waals surface area contributed by atoms with Crippen molar-refractivity contribution in [2.75, 3.05) is 81.5 Å². The third-order valence-electron chi connectivity index (χ3n) is 12.3. The molecule has 0 aromatic heterocycles. The molecule has 2 aliphatic heterocycles. The van der Waals surface area contributed by atoms with E-state index in [1.807, 2.05) is 47.2 Å². The number of nitrogens with zero attached hydrogens (tertiary/aromatic N) is 3. The van der Waals surface area contributed by atoms with Gasteiger partial charge < -0.3 is 15.0 Å². The largest absolute Gasteiger partial charge is 0.501 e. The van der Waals surface area contributed by atoms with E-state index in [1.54, 1.807) is 12.1 Å². The zero-order valence-corrected chi connectivity index (χ0v) is 41.6. The van der Waals surface area contributed by atoms with Crippen molar-refractivity contribution in [3.05, 3.63) is 119 Å². The first-order valence-electron chi connectivity index (χ1n) is 21.9. The number of sulfone groups is 1. The number of nitrogens with one attached hydrogen (secondary N) is 2. The lowest BCUT2D eigenvalue weighted by Gasteiger charge is -2.39. The van der Waals surface area contributed by atoms with Crippen molar-refractivity contribution in [1.29, 1.82) is 0 Å². The van der Waals surface area contributed by atoms with Crippen LogP contribution in [-0.2, 0) is 24.6 Å². The van der Waals surface area contributed by atoms with Gasteiger partial charge in [0, 0.05) is 107 Å². The minimum atomic E-state index is -6.06. The standard InChI is InChI=1S/C48H52BrClF3N5O6S3/c1-47(20-21-49)19-17-43(35-7-11-38(50)12-8-35)37(32-47)33-57-23-25-58(26-24-57)40-13-9-36(10-14-40)46(59)55-67(62,63)42-15-16-44(45(31-42)66(60,61)48(51,52)53)54-39(18-22-56-27-29-64-30-28-56)34-65-41-5-3-2-4-6-41/h2-16,31,39,54H,17-19,22-30,32-34H2,1H3,(H,55,59)/t39-,47?/m1/s1. The van der Waals surface area contributed by atoms with E-state index in [2.05, 4.69) is 65.8 Å². The third-order valence-corrected chi connectivity index (χ3v) is 16.8. The Morgan fingerprint density at radius 1 is 0.910 bits per heavy atom. The van der Waals surface area contributed by atoms with Crippen LogP contribution in [0.3, 0.4) is 0 Å². The number of hydrogen-bond acceptors (Lipinski definition) is 11. The number of piperazine rings is 1. The van der Waals surface area contributed by atoms with Gasteiger partial charge in [-0.2, -0.15) is 13.2 Å². The number of alkyl halides is 3. The summed E-state index contributed by atoms with van der Waals surface area (Å²) in [6, 6.07) is 25.6. The minimum Gasteiger partial charge on any atom is -0.380 e. The highest BCUT2D eigenvalue weighted by molar-refractivity contribution is 9.12. The van der Waals surface area contributed by atoms with Crippen molar-refractivity contribution in [3.8, 4) is 10.8 Å². The molecule has 67 heavy (non-hydrogen) atoms. The van der Waals surface area contributed by atoms with Crippen LogP contribution in [0.2, 0.25) is 5.02 Å². The van der Waals surface area contributed by atoms with Gasteiger partial charge in [-0.25, -0.2) is 21.6 Å². The molecule has 4 aromatic carbocycles. The molecule has 2 heterocycles. The number of amides is 1. The average Bonchev–Trinajstić information content (AvgIpc) is 3.31. The molecule has 3 aliphatic rings. The van der Waals surface area contributed by atoms with Gasteiger partial charge in [-0.05, 0) is 115 Å². The van der Waals surface area contributed by atoms with Crippen LogP contribution < -0.4 is 14.9 Å². The summed E-state index contributed by atoms with van der Waals surface area (Å²) in [7, 11) is -10.9. The molecule has 11 nitrogen and oxygen atoms in total. The summed E-state index contributed by atoms with van der Waals surface area (Å²) < 4.78 is 103. The van der Waals surface area contributed by atoms with Gasteiger partial charge in [-0.15, -0.1) is 11.8 Å². The molecule has 19 heteroatoms. The summed E-state index contributed by atoms with van der Waals surface area (Å²) in [4.78, 5) is 21.9. The zero-order chi connectivity index (χ0) is 47.8. The molecule has 4 aromatic rings. The molecular formula is C48H52BrClF3N5O6S3. The molecule has 0 spiro atoms. The Morgan fingerprint density at radius 2 is 1.60 bits per heavy atom. The molecule has 2 atom stereocenters. The molecular weight excluding hydrogens is 1010 g/mol. The fraction of sp³-hybridized carbons (Fsp3) is 0.396. The molecule has 2 N–H and O–H groups in total. The van der Waals surface area contributed by atoms with E-state index in [1.165, 1.54) is 40.6 Å². The second-order valence-electron chi connectivity index (χ2n) is 17.1. The molecule has 7 rings (SSSR count). The van der Waals surface area contributed by atoms with Gasteiger partial charge in [0.15, 0.2) is 0 Å². The maximum atomic E-state index is 14.2. The number of morpholine rings is 1. The molecule has 1 amide bonds. The number of hydrogen-bond donors (Lipinski definition) is 2. The Hall–Kier alpha value is -4.06. The number of carbonyl (C=O) groups is 1. The van der Waals surface area contributed by atoms with Crippen molar-refractivity contribution in [2.24, 2.45) is 5.41 Å². The first-order valence-corrected chi connectivity index (χ1v) is 27.0. The molecule has 1 unspecified atom stereocenters. The SMILES string of the molecule is CC1(C#CBr)CCC(c2ccc(Cl)cc2)=C(CN2CCN(c3ccc(C(=O)NS(=O)(=O)c4ccc(N[C@H](CCN5CCOCC5)CSc5ccccc5)c(S(=O)(=O)C(F)(F)F)c4)cc3)CC2)C1. The summed E-state index contributed by atoms with van der Waals surface area (Å²) in [6.07, 6.45) is 3.15. The number of sulfonamides is 1. The number of rotatable bonds is 16. The minimum absolute atomic E-state index is 0.0139. The van der Waals surface area contributed by atoms with Crippen LogP contribution in [0.1, 0.15) is 48.5 Å². The van der Waals surface area contributed by atoms with Crippen LogP contribution >= 0.6 is 39.3 Å². The monoisotopic (exact) mass is 1060 g/mol. The van der Waals surface area contributed by atoms with Crippen molar-refractivity contribution >= 4 is 82.0 Å². The van der Waals surface area contributed by atoms with Gasteiger partial charge in [0.25, 0.3) is 25.8 Å². The van der Waals surface area contributed by atoms with Crippen LogP contribution in [0.4, 0.5) is 24.5 Å². The van der Waals surface area contributed by atoms with Gasteiger partial charge >= 0.3 is 5.51 Å². The second-order valence-corrected chi connectivity index (χ2v) is 22.6. The van der Waals surface area contributed by atoms with Gasteiger partial charge in [0.05, 0.1) is 23.8 Å². The van der Waals surface area contributed by atoms with E-state index in [0.717, 1.165) is 61.6 Å². The van der Waals surface area contributed by atoms with Crippen molar-refractivity contribution in [1.82, 2.24) is 14.5 Å². The first kappa shape index (κ1) is 50.8. The lowest BCUT2D eigenvalue weighted by molar-refractivity contribution is -0.0435. The summed E-state index contributed by atoms with van der Waals surface area (Å²) in [6.45, 7) is 8.97. The number of carbonyl (C=O) groups excluding carboxylic acids is 1. The predicted octanol–water partition coefficient (Wildman–Crippen LogP) is 9.17. The van der Waals surface area contributed by atoms with Crippen molar-refractivity contribution in [3.63, 3.8) is 0 Å². The fourth-order valence-corrected chi connectivity index (χ4v) is 12.2. The second kappa shape index (κ2) is 22.1. The van der Waals surface area contributed by atoms with Crippen LogP contribution in [0.15, 0.2) is 117 Å². The maximum Gasteiger partial charge on any atom is 0.501 e. The number of ether oxygens (including phenoxy) is 1. The average molecular weight is 1060 g/mol. The van der Waals surface area contributed by atoms with Crippen molar-refractivity contribution in [2.45, 2.75) is 58.8 Å². The topological polar surface area (TPSA) is 128 Å². The third kappa shape index (κ3) is 13.2. The quantitative estimate of drug-likeness (QED) is 0.0824. The summed E-state index contributed by atoms with van der Waals surface area (Å²) in [5.41, 5.74) is -1.62. The lowest BCUT2D eigenvalue weighted by atomic mass is 9.72. The van der Waals surface area contributed by atoms with Crippen LogP contribution in [0.25, 0.3) is 5.57 Å². The number of anilines is 2. The molecule has 2 saturated heterocycles. The Labute approximate surface area is 408 Å². The van der Waals surface area contributed by atoms with E-state index >= 15 is 0 Å². The predicted molar refractivity (Wildman–Crippen MR) is 263 cm³/mol. The molecule has 358 valence electrons. The molecule has 0 bridgehead atoms. The number of benzene rings is 4. The summed E-state index contributed by atoms with van der Waals surface area (Å²) in [5.74, 6) is 2.70. The number of allylic oxidation sites excluding steroid dienone is 1. The maximum absolute atomic E-state index is 14.2. The van der Waals surface area contributed by atoms with E-state index in [9.17, 15) is 34.8 Å². The fourth-order valence-electron chi connectivity index (χ4n) is 8.54. The van der Waals surface area contributed by atoms with Gasteiger partial charge in [0.2, 0.25) is 0 Å². The van der Waals surface area contributed by atoms with Crippen LogP contribution in [-0.4, -0.2) is 115 Å². The van der Waals surface area contributed by atoms with Gasteiger partial charge in [-0.1, -0.05) is 53.4 Å². The van der Waals surface area contributed by atoms with E-state index < -0.39 is 52.8 Å². The van der Waals surface area contributed by atoms with Crippen LogP contribution in [0, 0.1) is 16.2 Å². The van der Waals surface area contributed by atoms with E-state index in [0.29, 0.717) is 69.2 Å². The van der Waals surface area contributed by atoms with E-state index in [4.69, 9.17) is 16.3 Å². The zero-order valence-electron chi connectivity index (χ0n) is 36.8. The Kier molecular flexibility index (Phi) is 16.8. The molecule has 0 saturated carbocycles. The normalized spacial score (nSPS) is 19.3. The van der Waals surface area contributed by atoms with Gasteiger partial charge in [0.1, 0.15) is 4.90 Å². The lowest BCUT2D eigenvalue weighted by Crippen LogP contribution is -2.47. The highest BCUT2D eigenvalue weighted by Gasteiger charge is 2.48. The Bertz CT molecular complexity index is 2690. The Balaban J connectivity index is 1.02. The van der Waals surface area contributed by atoms with Crippen molar-refractivity contribution < 1.29 is 39.5 Å². The van der Waals surface area contributed by atoms with E-state index in [-0.39, 0.29) is 11.0 Å². The molecule has 1 aliphatic carbocycles. The first-order chi connectivity index (χ1) is 31.9. The van der Waals surface area contributed by atoms with Gasteiger partial charge in [-0.3, -0.25) is 14.6 Å².